The zero-order chi connectivity index (χ0) is 25.4. The molecule has 36 heavy (non-hydrogen) atoms. The highest BCUT2D eigenvalue weighted by Gasteiger charge is 2.40. The van der Waals surface area contributed by atoms with Gasteiger partial charge in [0.25, 0.3) is 0 Å². The molecule has 1 aromatic heterocycles. The maximum Gasteiger partial charge on any atom is 0.433 e. The first kappa shape index (κ1) is 23.4. The summed E-state index contributed by atoms with van der Waals surface area (Å²) in [4.78, 5) is 16.0. The highest BCUT2D eigenvalue weighted by Crippen LogP contribution is 2.36. The van der Waals surface area contributed by atoms with E-state index in [0.29, 0.717) is 11.2 Å². The zero-order valence-electron chi connectivity index (χ0n) is 19.1. The number of ether oxygens (including phenoxy) is 1. The first-order chi connectivity index (χ1) is 17.3. The van der Waals surface area contributed by atoms with Crippen LogP contribution in [0.5, 0.6) is 5.75 Å². The van der Waals surface area contributed by atoms with Crippen LogP contribution in [-0.4, -0.2) is 33.8 Å². The lowest BCUT2D eigenvalue weighted by molar-refractivity contribution is -0.144. The van der Waals surface area contributed by atoms with Crippen molar-refractivity contribution in [3.63, 3.8) is 0 Å². The molecule has 4 aromatic rings. The molecule has 2 heterocycles. The van der Waals surface area contributed by atoms with E-state index in [1.54, 1.807) is 7.11 Å². The van der Waals surface area contributed by atoms with Crippen LogP contribution in [0.1, 0.15) is 32.7 Å². The minimum absolute atomic E-state index is 0.118. The molecule has 5 rings (SSSR count). The van der Waals surface area contributed by atoms with Crippen LogP contribution in [0.2, 0.25) is 0 Å². The second-order valence-corrected chi connectivity index (χ2v) is 8.32. The molecule has 0 aliphatic carbocycles. The molecule has 7 nitrogen and oxygen atoms in total. The number of nitrogens with one attached hydrogen (secondary N) is 1. The fraction of sp³-hybridized carbons (Fsp3) is 0.192. The summed E-state index contributed by atoms with van der Waals surface area (Å²) >= 11 is 0. The largest absolute Gasteiger partial charge is 0.497 e. The number of aryl methyl sites for hydroxylation is 2. The number of carboxylic acids is 1. The highest BCUT2D eigenvalue weighted by atomic mass is 19.4. The summed E-state index contributed by atoms with van der Waals surface area (Å²) in [5.74, 6) is -0.167. The Labute approximate surface area is 203 Å². The van der Waals surface area contributed by atoms with Gasteiger partial charge in [0.1, 0.15) is 17.1 Å². The summed E-state index contributed by atoms with van der Waals surface area (Å²) in [5, 5.41) is 18.0. The van der Waals surface area contributed by atoms with Gasteiger partial charge in [0, 0.05) is 23.2 Å². The number of methoxy groups -OCH3 is 1. The van der Waals surface area contributed by atoms with Crippen molar-refractivity contribution in [1.82, 2.24) is 9.78 Å². The topological polar surface area (TPSA) is 88.7 Å². The molecule has 0 spiro atoms. The molecule has 2 N–H and O–H groups in total. The molecule has 0 amide bonds. The number of nitrogens with zero attached hydrogens (tertiary/aromatic N) is 3. The molecule has 0 unspecified atom stereocenters. The molecule has 184 valence electrons. The number of rotatable bonds is 7. The molecule has 0 bridgehead atoms. The van der Waals surface area contributed by atoms with Crippen molar-refractivity contribution in [2.24, 2.45) is 4.99 Å². The fourth-order valence-electron chi connectivity index (χ4n) is 4.44. The number of anilines is 1. The summed E-state index contributed by atoms with van der Waals surface area (Å²) < 4.78 is 46.5. The first-order valence-electron chi connectivity index (χ1n) is 11.1. The number of aromatic nitrogens is 2. The number of hydrogen-bond acceptors (Lipinski definition) is 4. The lowest BCUT2D eigenvalue weighted by Crippen LogP contribution is -2.19. The summed E-state index contributed by atoms with van der Waals surface area (Å²) in [6, 6.07) is 17.2. The van der Waals surface area contributed by atoms with Gasteiger partial charge in [0.2, 0.25) is 0 Å². The maximum absolute atomic E-state index is 13.5. The second kappa shape index (κ2) is 9.03. The van der Waals surface area contributed by atoms with Crippen LogP contribution in [0, 0.1) is 0 Å². The number of alkyl halides is 3. The van der Waals surface area contributed by atoms with Crippen molar-refractivity contribution in [2.75, 3.05) is 12.4 Å². The van der Waals surface area contributed by atoms with Crippen LogP contribution >= 0.6 is 0 Å². The standard InChI is InChI=1S/C26H21F3N4O3/c1-36-17-8-5-15(6-9-17)13-30-24-19-4-2-3-18-16(7-10-21(32-24)22(18)19)11-12-33-23(26(27,28)29)20(14-31-33)25(34)35/h2-10,14H,11-13H2,1H3,(H,30,32)(H,34,35). The smallest absolute Gasteiger partial charge is 0.433 e. The normalized spacial score (nSPS) is 13.8. The van der Waals surface area contributed by atoms with Gasteiger partial charge in [-0.15, -0.1) is 0 Å². The average Bonchev–Trinajstić information content (AvgIpc) is 3.46. The van der Waals surface area contributed by atoms with Crippen molar-refractivity contribution in [1.29, 1.82) is 0 Å². The van der Waals surface area contributed by atoms with E-state index in [-0.39, 0.29) is 13.0 Å². The minimum atomic E-state index is -4.83. The van der Waals surface area contributed by atoms with Gasteiger partial charge in [-0.3, -0.25) is 9.67 Å². The third kappa shape index (κ3) is 4.26. The Morgan fingerprint density at radius 2 is 1.92 bits per heavy atom. The number of hydrogen-bond donors (Lipinski definition) is 2. The number of benzene rings is 3. The van der Waals surface area contributed by atoms with Crippen molar-refractivity contribution in [3.05, 3.63) is 88.7 Å². The summed E-state index contributed by atoms with van der Waals surface area (Å²) in [6.07, 6.45) is -3.85. The molecule has 0 saturated carbocycles. The van der Waals surface area contributed by atoms with Crippen molar-refractivity contribution in [2.45, 2.75) is 25.7 Å². The van der Waals surface area contributed by atoms with Gasteiger partial charge in [-0.1, -0.05) is 36.4 Å². The number of carbonyl (C=O) groups is 1. The van der Waals surface area contributed by atoms with Crippen LogP contribution in [-0.2, 0) is 25.7 Å². The van der Waals surface area contributed by atoms with E-state index >= 15 is 0 Å². The lowest BCUT2D eigenvalue weighted by atomic mass is 9.98. The Kier molecular flexibility index (Phi) is 5.87. The maximum atomic E-state index is 13.5. The number of amidine groups is 1. The van der Waals surface area contributed by atoms with E-state index in [2.05, 4.69) is 10.4 Å². The van der Waals surface area contributed by atoms with Crippen LogP contribution in [0.3, 0.4) is 0 Å². The molecule has 1 aliphatic rings. The predicted octanol–water partition coefficient (Wildman–Crippen LogP) is 5.38. The van der Waals surface area contributed by atoms with Gasteiger partial charge >= 0.3 is 12.1 Å². The van der Waals surface area contributed by atoms with Gasteiger partial charge in [-0.2, -0.15) is 18.3 Å². The predicted molar refractivity (Wildman–Crippen MR) is 129 cm³/mol. The third-order valence-electron chi connectivity index (χ3n) is 6.15. The van der Waals surface area contributed by atoms with E-state index in [1.807, 2.05) is 54.6 Å². The summed E-state index contributed by atoms with van der Waals surface area (Å²) in [6.45, 7) is 0.349. The molecular formula is C26H21F3N4O3. The van der Waals surface area contributed by atoms with Crippen molar-refractivity contribution < 1.29 is 27.8 Å². The Hall–Kier alpha value is -4.34. The number of carboxylic acid groups (broad SMARTS) is 1. The van der Waals surface area contributed by atoms with E-state index in [1.165, 1.54) is 0 Å². The zero-order valence-corrected chi connectivity index (χ0v) is 19.1. The quantitative estimate of drug-likeness (QED) is 0.360. The third-order valence-corrected chi connectivity index (χ3v) is 6.15. The Morgan fingerprint density at radius 3 is 2.61 bits per heavy atom. The average molecular weight is 494 g/mol. The Morgan fingerprint density at radius 1 is 1.14 bits per heavy atom. The number of halogens is 3. The first-order valence-corrected chi connectivity index (χ1v) is 11.1. The molecular weight excluding hydrogens is 473 g/mol. The SMILES string of the molecule is COc1ccc(CN=C2Nc3ccc(CCn4ncc(C(=O)O)c4C(F)(F)F)c4cccc2c34)cc1. The van der Waals surface area contributed by atoms with Gasteiger partial charge in [-0.05, 0) is 41.1 Å². The number of aliphatic imine (C=N–C) groups is 1. The van der Waals surface area contributed by atoms with Crippen LogP contribution < -0.4 is 10.1 Å². The molecule has 0 radical (unpaired) electrons. The van der Waals surface area contributed by atoms with E-state index in [0.717, 1.165) is 50.9 Å². The lowest BCUT2D eigenvalue weighted by Gasteiger charge is -2.13. The van der Waals surface area contributed by atoms with Gasteiger partial charge in [0.15, 0.2) is 5.69 Å². The van der Waals surface area contributed by atoms with Crippen molar-refractivity contribution in [3.8, 4) is 5.75 Å². The van der Waals surface area contributed by atoms with Crippen LogP contribution in [0.25, 0.3) is 10.8 Å². The monoisotopic (exact) mass is 494 g/mol. The molecule has 1 aliphatic heterocycles. The summed E-state index contributed by atoms with van der Waals surface area (Å²) in [5.41, 5.74) is 1.53. The fourth-order valence-corrected chi connectivity index (χ4v) is 4.44. The van der Waals surface area contributed by atoms with Crippen molar-refractivity contribution >= 4 is 28.3 Å². The van der Waals surface area contributed by atoms with Crippen LogP contribution in [0.15, 0.2) is 65.8 Å². The highest BCUT2D eigenvalue weighted by molar-refractivity contribution is 6.26. The Balaban J connectivity index is 1.42. The van der Waals surface area contributed by atoms with E-state index < -0.39 is 23.4 Å². The minimum Gasteiger partial charge on any atom is -0.497 e. The van der Waals surface area contributed by atoms with E-state index in [9.17, 15) is 18.0 Å². The van der Waals surface area contributed by atoms with Gasteiger partial charge < -0.3 is 15.2 Å². The van der Waals surface area contributed by atoms with E-state index in [4.69, 9.17) is 14.8 Å². The molecule has 10 heteroatoms. The second-order valence-electron chi connectivity index (χ2n) is 8.32. The molecule has 0 fully saturated rings. The number of aromatic carboxylic acids is 1. The van der Waals surface area contributed by atoms with Gasteiger partial charge in [0.05, 0.1) is 19.9 Å². The molecule has 0 saturated heterocycles. The van der Waals surface area contributed by atoms with Gasteiger partial charge in [-0.25, -0.2) is 4.79 Å². The Bertz CT molecular complexity index is 1490. The molecule has 3 aromatic carbocycles. The van der Waals surface area contributed by atoms with Crippen LogP contribution in [0.4, 0.5) is 18.9 Å². The molecule has 0 atom stereocenters. The summed E-state index contributed by atoms with van der Waals surface area (Å²) in [7, 11) is 1.61.